The third-order valence-corrected chi connectivity index (χ3v) is 2.58. The Balaban J connectivity index is 2.47. The van der Waals surface area contributed by atoms with Gasteiger partial charge in [0.1, 0.15) is 0 Å². The van der Waals surface area contributed by atoms with Crippen LogP contribution in [0.25, 0.3) is 0 Å². The van der Waals surface area contributed by atoms with Gasteiger partial charge in [-0.2, -0.15) is 27.2 Å². The quantitative estimate of drug-likeness (QED) is 0.756. The first-order chi connectivity index (χ1) is 6.77. The van der Waals surface area contributed by atoms with Gasteiger partial charge in [-0.15, -0.1) is 0 Å². The van der Waals surface area contributed by atoms with Crippen molar-refractivity contribution in [2.75, 3.05) is 12.0 Å². The molecule has 0 bridgehead atoms. The fourth-order valence-electron chi connectivity index (χ4n) is 1.03. The lowest BCUT2D eigenvalue weighted by atomic mass is 10.2. The van der Waals surface area contributed by atoms with Gasteiger partial charge in [-0.1, -0.05) is 6.92 Å². The second kappa shape index (κ2) is 5.64. The van der Waals surface area contributed by atoms with Gasteiger partial charge in [0, 0.05) is 11.8 Å². The summed E-state index contributed by atoms with van der Waals surface area (Å²) < 4.78 is 0. The second-order valence-corrected chi connectivity index (χ2v) is 3.80. The SMILES string of the molecule is CCC(CSC)NC(=O)c1cn[nH]n1. The van der Waals surface area contributed by atoms with Crippen LogP contribution in [0, 0.1) is 0 Å². The van der Waals surface area contributed by atoms with Gasteiger partial charge in [-0.3, -0.25) is 4.79 Å². The molecule has 1 unspecified atom stereocenters. The van der Waals surface area contributed by atoms with Crippen LogP contribution in [-0.4, -0.2) is 39.4 Å². The number of hydrogen-bond donors (Lipinski definition) is 2. The van der Waals surface area contributed by atoms with Crippen LogP contribution in [0.15, 0.2) is 6.20 Å². The van der Waals surface area contributed by atoms with Crippen molar-refractivity contribution in [3.05, 3.63) is 11.9 Å². The van der Waals surface area contributed by atoms with Gasteiger partial charge < -0.3 is 5.32 Å². The maximum Gasteiger partial charge on any atom is 0.273 e. The molecule has 1 atom stereocenters. The number of H-pyrrole nitrogens is 1. The number of carbonyl (C=O) groups is 1. The van der Waals surface area contributed by atoms with Crippen molar-refractivity contribution in [3.8, 4) is 0 Å². The molecule has 0 spiro atoms. The van der Waals surface area contributed by atoms with Crippen LogP contribution in [0.1, 0.15) is 23.8 Å². The lowest BCUT2D eigenvalue weighted by Crippen LogP contribution is -2.36. The van der Waals surface area contributed by atoms with Crippen molar-refractivity contribution in [2.45, 2.75) is 19.4 Å². The number of hydrogen-bond acceptors (Lipinski definition) is 4. The Morgan fingerprint density at radius 2 is 2.57 bits per heavy atom. The Bertz CT molecular complexity index is 275. The van der Waals surface area contributed by atoms with E-state index in [4.69, 9.17) is 0 Å². The van der Waals surface area contributed by atoms with Crippen molar-refractivity contribution < 1.29 is 4.79 Å². The van der Waals surface area contributed by atoms with Gasteiger partial charge >= 0.3 is 0 Å². The van der Waals surface area contributed by atoms with Crippen LogP contribution in [0.4, 0.5) is 0 Å². The highest BCUT2D eigenvalue weighted by molar-refractivity contribution is 7.98. The molecule has 5 nitrogen and oxygen atoms in total. The lowest BCUT2D eigenvalue weighted by Gasteiger charge is -2.14. The molecule has 1 amide bonds. The van der Waals surface area contributed by atoms with E-state index in [2.05, 4.69) is 20.7 Å². The van der Waals surface area contributed by atoms with Crippen molar-refractivity contribution in [2.24, 2.45) is 0 Å². The number of aromatic amines is 1. The van der Waals surface area contributed by atoms with Crippen molar-refractivity contribution >= 4 is 17.7 Å². The maximum absolute atomic E-state index is 11.5. The van der Waals surface area contributed by atoms with Crippen LogP contribution in [0.2, 0.25) is 0 Å². The average Bonchev–Trinajstić information content (AvgIpc) is 2.69. The predicted molar refractivity (Wildman–Crippen MR) is 56.3 cm³/mol. The molecule has 1 aromatic rings. The van der Waals surface area contributed by atoms with Gasteiger partial charge in [0.05, 0.1) is 6.20 Å². The summed E-state index contributed by atoms with van der Waals surface area (Å²) >= 11 is 1.71. The van der Waals surface area contributed by atoms with Crippen LogP contribution < -0.4 is 5.32 Å². The summed E-state index contributed by atoms with van der Waals surface area (Å²) in [5, 5.41) is 12.6. The number of aromatic nitrogens is 3. The second-order valence-electron chi connectivity index (χ2n) is 2.89. The highest BCUT2D eigenvalue weighted by Crippen LogP contribution is 2.02. The van der Waals surface area contributed by atoms with E-state index in [0.717, 1.165) is 12.2 Å². The molecule has 0 fully saturated rings. The van der Waals surface area contributed by atoms with Gasteiger partial charge in [-0.25, -0.2) is 0 Å². The normalized spacial score (nSPS) is 12.4. The Morgan fingerprint density at radius 3 is 3.07 bits per heavy atom. The summed E-state index contributed by atoms with van der Waals surface area (Å²) in [6, 6.07) is 0.203. The molecule has 0 saturated carbocycles. The van der Waals surface area contributed by atoms with Crippen LogP contribution >= 0.6 is 11.8 Å². The molecule has 1 rings (SSSR count). The number of amides is 1. The zero-order valence-corrected chi connectivity index (χ0v) is 9.10. The largest absolute Gasteiger partial charge is 0.347 e. The Labute approximate surface area is 87.0 Å². The molecule has 0 saturated heterocycles. The first kappa shape index (κ1) is 11.0. The molecule has 78 valence electrons. The van der Waals surface area contributed by atoms with Crippen LogP contribution in [0.3, 0.4) is 0 Å². The number of thioether (sulfide) groups is 1. The topological polar surface area (TPSA) is 70.7 Å². The zero-order chi connectivity index (χ0) is 10.4. The summed E-state index contributed by atoms with van der Waals surface area (Å²) in [6.45, 7) is 2.05. The van der Waals surface area contributed by atoms with Crippen molar-refractivity contribution in [1.29, 1.82) is 0 Å². The molecular formula is C8H14N4OS. The molecule has 0 aliphatic rings. The zero-order valence-electron chi connectivity index (χ0n) is 8.28. The van der Waals surface area contributed by atoms with E-state index in [9.17, 15) is 4.79 Å². The molecule has 0 aliphatic heterocycles. The standard InChI is InChI=1S/C8H14N4OS/c1-3-6(5-14-2)10-8(13)7-4-9-12-11-7/h4,6H,3,5H2,1-2H3,(H,10,13)(H,9,11,12). The van der Waals surface area contributed by atoms with Crippen LogP contribution in [-0.2, 0) is 0 Å². The molecule has 0 radical (unpaired) electrons. The van der Waals surface area contributed by atoms with Crippen LogP contribution in [0.5, 0.6) is 0 Å². The summed E-state index contributed by atoms with van der Waals surface area (Å²) in [5.74, 6) is 0.750. The molecule has 1 heterocycles. The molecule has 0 aromatic carbocycles. The van der Waals surface area contributed by atoms with E-state index in [-0.39, 0.29) is 11.9 Å². The summed E-state index contributed by atoms with van der Waals surface area (Å²) in [6.07, 6.45) is 4.36. The smallest absolute Gasteiger partial charge is 0.273 e. The predicted octanol–water partition coefficient (Wildman–Crippen LogP) is 0.676. The van der Waals surface area contributed by atoms with Crippen molar-refractivity contribution in [3.63, 3.8) is 0 Å². The van der Waals surface area contributed by atoms with E-state index < -0.39 is 0 Å². The highest BCUT2D eigenvalue weighted by Gasteiger charge is 2.13. The Hall–Kier alpha value is -1.04. The lowest BCUT2D eigenvalue weighted by molar-refractivity contribution is 0.0935. The molecular weight excluding hydrogens is 200 g/mol. The number of nitrogens with zero attached hydrogens (tertiary/aromatic N) is 2. The van der Waals surface area contributed by atoms with E-state index in [1.54, 1.807) is 11.8 Å². The summed E-state index contributed by atoms with van der Waals surface area (Å²) in [4.78, 5) is 11.5. The number of carbonyl (C=O) groups excluding carboxylic acids is 1. The first-order valence-electron chi connectivity index (χ1n) is 4.43. The fraction of sp³-hybridized carbons (Fsp3) is 0.625. The van der Waals surface area contributed by atoms with Crippen molar-refractivity contribution in [1.82, 2.24) is 20.7 Å². The van der Waals surface area contributed by atoms with E-state index >= 15 is 0 Å². The maximum atomic E-state index is 11.5. The Morgan fingerprint density at radius 1 is 1.79 bits per heavy atom. The van der Waals surface area contributed by atoms with Gasteiger partial charge in [0.15, 0.2) is 5.69 Å². The minimum absolute atomic E-state index is 0.167. The molecule has 0 aliphatic carbocycles. The minimum Gasteiger partial charge on any atom is -0.347 e. The average molecular weight is 214 g/mol. The third kappa shape index (κ3) is 3.02. The fourth-order valence-corrected chi connectivity index (χ4v) is 1.75. The highest BCUT2D eigenvalue weighted by atomic mass is 32.2. The number of rotatable bonds is 5. The molecule has 6 heteroatoms. The summed E-state index contributed by atoms with van der Waals surface area (Å²) in [5.41, 5.74) is 0.338. The molecule has 14 heavy (non-hydrogen) atoms. The van der Waals surface area contributed by atoms with E-state index in [1.807, 2.05) is 13.2 Å². The van der Waals surface area contributed by atoms with Gasteiger partial charge in [0.25, 0.3) is 5.91 Å². The van der Waals surface area contributed by atoms with Gasteiger partial charge in [-0.05, 0) is 12.7 Å². The molecule has 1 aromatic heterocycles. The first-order valence-corrected chi connectivity index (χ1v) is 5.82. The van der Waals surface area contributed by atoms with E-state index in [0.29, 0.717) is 5.69 Å². The molecule has 2 N–H and O–H groups in total. The monoisotopic (exact) mass is 214 g/mol. The Kier molecular flexibility index (Phi) is 4.45. The third-order valence-electron chi connectivity index (χ3n) is 1.84. The minimum atomic E-state index is -0.167. The van der Waals surface area contributed by atoms with Gasteiger partial charge in [0.2, 0.25) is 0 Å². The number of nitrogens with one attached hydrogen (secondary N) is 2. The van der Waals surface area contributed by atoms with E-state index in [1.165, 1.54) is 6.20 Å². The summed E-state index contributed by atoms with van der Waals surface area (Å²) in [7, 11) is 0.